The second kappa shape index (κ2) is 6.07. The number of rotatable bonds is 6. The molecule has 1 saturated heterocycles. The van der Waals surface area contributed by atoms with Crippen LogP contribution in [0.15, 0.2) is 5.11 Å². The first-order chi connectivity index (χ1) is 8.04. The number of aliphatic hydroxyl groups excluding tert-OH is 1. The van der Waals surface area contributed by atoms with Crippen LogP contribution in [0.3, 0.4) is 0 Å². The molecule has 2 atom stereocenters. The molecule has 1 aliphatic heterocycles. The number of aliphatic hydroxyl groups is 1. The van der Waals surface area contributed by atoms with Crippen LogP contribution in [0.1, 0.15) is 12.8 Å². The zero-order valence-corrected chi connectivity index (χ0v) is 9.19. The third kappa shape index (κ3) is 3.93. The average molecular weight is 242 g/mol. The van der Waals surface area contributed by atoms with E-state index in [-0.39, 0.29) is 31.3 Å². The second-order valence-electron chi connectivity index (χ2n) is 3.97. The highest BCUT2D eigenvalue weighted by molar-refractivity contribution is 5.78. The molecular formula is C9H14N4O4. The number of carbonyl (C=O) groups is 2. The minimum absolute atomic E-state index is 0.00924. The Morgan fingerprint density at radius 2 is 2.41 bits per heavy atom. The number of likely N-dealkylation sites (tertiary alicyclic amines) is 1. The lowest BCUT2D eigenvalue weighted by atomic mass is 10.1. The van der Waals surface area contributed by atoms with Crippen molar-refractivity contribution in [3.63, 3.8) is 0 Å². The van der Waals surface area contributed by atoms with Crippen molar-refractivity contribution in [3.05, 3.63) is 10.4 Å². The maximum atomic E-state index is 11.5. The third-order valence-corrected chi connectivity index (χ3v) is 2.66. The number of carboxylic acid groups (broad SMARTS) is 1. The van der Waals surface area contributed by atoms with Crippen molar-refractivity contribution in [1.29, 1.82) is 0 Å². The van der Waals surface area contributed by atoms with Crippen molar-refractivity contribution in [1.82, 2.24) is 4.90 Å². The van der Waals surface area contributed by atoms with Crippen molar-refractivity contribution in [2.24, 2.45) is 11.0 Å². The normalized spacial score (nSPS) is 21.1. The van der Waals surface area contributed by atoms with Crippen molar-refractivity contribution in [3.8, 4) is 0 Å². The van der Waals surface area contributed by atoms with Crippen LogP contribution in [-0.2, 0) is 9.59 Å². The zero-order valence-electron chi connectivity index (χ0n) is 9.19. The van der Waals surface area contributed by atoms with E-state index < -0.39 is 12.1 Å². The van der Waals surface area contributed by atoms with E-state index in [0.29, 0.717) is 13.0 Å². The second-order valence-corrected chi connectivity index (χ2v) is 3.97. The summed E-state index contributed by atoms with van der Waals surface area (Å²) in [5.41, 5.74) is 8.16. The molecule has 1 amide bonds. The number of amides is 1. The summed E-state index contributed by atoms with van der Waals surface area (Å²) in [4.78, 5) is 26.0. The summed E-state index contributed by atoms with van der Waals surface area (Å²) in [5, 5.41) is 21.0. The monoisotopic (exact) mass is 242 g/mol. The Morgan fingerprint density at radius 1 is 1.71 bits per heavy atom. The molecule has 94 valence electrons. The lowest BCUT2D eigenvalue weighted by Gasteiger charge is -2.17. The van der Waals surface area contributed by atoms with Gasteiger partial charge in [-0.1, -0.05) is 5.11 Å². The summed E-state index contributed by atoms with van der Waals surface area (Å²) in [5.74, 6) is -1.40. The molecule has 1 aliphatic rings. The largest absolute Gasteiger partial charge is 0.479 e. The van der Waals surface area contributed by atoms with Gasteiger partial charge in [0.2, 0.25) is 5.91 Å². The van der Waals surface area contributed by atoms with Gasteiger partial charge in [-0.15, -0.1) is 0 Å². The standard InChI is InChI=1S/C9H14N4O4/c10-12-11-4-6-3-8(15)13(5-6)2-1-7(14)9(16)17/h6-7,14H,1-5H2,(H,16,17)/t6?,7-/m0/s1. The number of carbonyl (C=O) groups excluding carboxylic acids is 1. The highest BCUT2D eigenvalue weighted by Gasteiger charge is 2.29. The molecule has 0 radical (unpaired) electrons. The molecule has 1 heterocycles. The van der Waals surface area contributed by atoms with Crippen LogP contribution in [0.25, 0.3) is 10.4 Å². The number of aliphatic carboxylic acids is 1. The van der Waals surface area contributed by atoms with Gasteiger partial charge in [-0.2, -0.15) is 0 Å². The summed E-state index contributed by atoms with van der Waals surface area (Å²) in [6, 6.07) is 0. The van der Waals surface area contributed by atoms with E-state index in [0.717, 1.165) is 0 Å². The number of nitrogens with zero attached hydrogens (tertiary/aromatic N) is 4. The molecule has 0 bridgehead atoms. The molecule has 1 rings (SSSR count). The molecule has 0 aromatic carbocycles. The van der Waals surface area contributed by atoms with Crippen LogP contribution in [0.2, 0.25) is 0 Å². The van der Waals surface area contributed by atoms with Crippen LogP contribution >= 0.6 is 0 Å². The molecule has 0 saturated carbocycles. The van der Waals surface area contributed by atoms with Gasteiger partial charge in [0.15, 0.2) is 6.10 Å². The van der Waals surface area contributed by atoms with Gasteiger partial charge in [-0.05, 0) is 11.4 Å². The summed E-state index contributed by atoms with van der Waals surface area (Å²) in [6.07, 6.45) is -1.13. The van der Waals surface area contributed by atoms with E-state index in [4.69, 9.17) is 15.7 Å². The summed E-state index contributed by atoms with van der Waals surface area (Å²) >= 11 is 0. The van der Waals surface area contributed by atoms with E-state index in [1.807, 2.05) is 0 Å². The Kier molecular flexibility index (Phi) is 4.74. The maximum absolute atomic E-state index is 11.5. The lowest BCUT2D eigenvalue weighted by Crippen LogP contribution is -2.31. The predicted molar refractivity (Wildman–Crippen MR) is 57.0 cm³/mol. The number of carboxylic acids is 1. The SMILES string of the molecule is [N-]=[N+]=NCC1CC(=O)N(CC[C@H](O)C(=O)O)C1. The molecule has 0 aromatic heterocycles. The molecule has 8 nitrogen and oxygen atoms in total. The minimum Gasteiger partial charge on any atom is -0.479 e. The van der Waals surface area contributed by atoms with Crippen LogP contribution < -0.4 is 0 Å². The van der Waals surface area contributed by atoms with Crippen molar-refractivity contribution >= 4 is 11.9 Å². The molecule has 1 fully saturated rings. The highest BCUT2D eigenvalue weighted by atomic mass is 16.4. The van der Waals surface area contributed by atoms with Gasteiger partial charge < -0.3 is 15.1 Å². The first-order valence-corrected chi connectivity index (χ1v) is 5.24. The van der Waals surface area contributed by atoms with Gasteiger partial charge in [0.05, 0.1) is 0 Å². The highest BCUT2D eigenvalue weighted by Crippen LogP contribution is 2.18. The van der Waals surface area contributed by atoms with Crippen LogP contribution in [0, 0.1) is 5.92 Å². The third-order valence-electron chi connectivity index (χ3n) is 2.66. The number of azide groups is 1. The molecule has 0 spiro atoms. The van der Waals surface area contributed by atoms with Crippen LogP contribution in [0.5, 0.6) is 0 Å². The van der Waals surface area contributed by atoms with Crippen molar-refractivity contribution in [2.75, 3.05) is 19.6 Å². The van der Waals surface area contributed by atoms with Gasteiger partial charge in [-0.25, -0.2) is 4.79 Å². The fourth-order valence-corrected chi connectivity index (χ4v) is 1.75. The van der Waals surface area contributed by atoms with Crippen LogP contribution in [-0.4, -0.2) is 52.7 Å². The smallest absolute Gasteiger partial charge is 0.332 e. The van der Waals surface area contributed by atoms with Gasteiger partial charge in [-0.3, -0.25) is 4.79 Å². The maximum Gasteiger partial charge on any atom is 0.332 e. The molecule has 8 heteroatoms. The number of hydrogen-bond donors (Lipinski definition) is 2. The Labute approximate surface area is 97.5 Å². The van der Waals surface area contributed by atoms with Crippen molar-refractivity contribution in [2.45, 2.75) is 18.9 Å². The summed E-state index contributed by atoms with van der Waals surface area (Å²) in [7, 11) is 0. The molecular weight excluding hydrogens is 228 g/mol. The van der Waals surface area contributed by atoms with Gasteiger partial charge in [0.25, 0.3) is 0 Å². The van der Waals surface area contributed by atoms with Gasteiger partial charge in [0, 0.05) is 37.4 Å². The molecule has 1 unspecified atom stereocenters. The zero-order chi connectivity index (χ0) is 12.8. The number of hydrogen-bond acceptors (Lipinski definition) is 4. The topological polar surface area (TPSA) is 127 Å². The quantitative estimate of drug-likeness (QED) is 0.385. The first-order valence-electron chi connectivity index (χ1n) is 5.24. The minimum atomic E-state index is -1.45. The molecule has 2 N–H and O–H groups in total. The Bertz CT molecular complexity index is 353. The van der Waals surface area contributed by atoms with Crippen LogP contribution in [0.4, 0.5) is 0 Å². The Hall–Kier alpha value is -1.79. The lowest BCUT2D eigenvalue weighted by molar-refractivity contribution is -0.147. The van der Waals surface area contributed by atoms with Gasteiger partial charge in [0.1, 0.15) is 0 Å². The van der Waals surface area contributed by atoms with E-state index in [1.54, 1.807) is 0 Å². The van der Waals surface area contributed by atoms with Crippen molar-refractivity contribution < 1.29 is 19.8 Å². The molecule has 17 heavy (non-hydrogen) atoms. The van der Waals surface area contributed by atoms with E-state index in [1.165, 1.54) is 4.90 Å². The average Bonchev–Trinajstić information content (AvgIpc) is 2.64. The fraction of sp³-hybridized carbons (Fsp3) is 0.778. The van der Waals surface area contributed by atoms with Gasteiger partial charge >= 0.3 is 5.97 Å². The van der Waals surface area contributed by atoms with E-state index in [2.05, 4.69) is 10.0 Å². The molecule has 0 aromatic rings. The first kappa shape index (κ1) is 13.3. The Balaban J connectivity index is 2.37. The summed E-state index contributed by atoms with van der Waals surface area (Å²) < 4.78 is 0. The van der Waals surface area contributed by atoms with E-state index >= 15 is 0 Å². The summed E-state index contributed by atoms with van der Waals surface area (Å²) in [6.45, 7) is 0.920. The van der Waals surface area contributed by atoms with E-state index in [9.17, 15) is 9.59 Å². The fourth-order valence-electron chi connectivity index (χ4n) is 1.75. The predicted octanol–water partition coefficient (Wildman–Crippen LogP) is -0.0192. The molecule has 0 aliphatic carbocycles. The Morgan fingerprint density at radius 3 is 3.00 bits per heavy atom.